The van der Waals surface area contributed by atoms with E-state index < -0.39 is 9.84 Å². The number of rotatable bonds is 3. The smallest absolute Gasteiger partial charge is 0.207 e. The maximum atomic E-state index is 12.8. The van der Waals surface area contributed by atoms with Crippen LogP contribution in [0.3, 0.4) is 0 Å². The Kier molecular flexibility index (Phi) is 3.31. The fourth-order valence-electron chi connectivity index (χ4n) is 2.28. The van der Waals surface area contributed by atoms with Crippen molar-refractivity contribution in [2.24, 2.45) is 0 Å². The van der Waals surface area contributed by atoms with Gasteiger partial charge in [-0.1, -0.05) is 48.5 Å². The van der Waals surface area contributed by atoms with Crippen molar-refractivity contribution in [3.63, 3.8) is 0 Å². The van der Waals surface area contributed by atoms with Crippen molar-refractivity contribution < 1.29 is 13.2 Å². The van der Waals surface area contributed by atoms with E-state index in [1.165, 1.54) is 24.3 Å². The molecule has 0 unspecified atom stereocenters. The van der Waals surface area contributed by atoms with Crippen LogP contribution >= 0.6 is 0 Å². The van der Waals surface area contributed by atoms with E-state index in [-0.39, 0.29) is 9.79 Å². The van der Waals surface area contributed by atoms with E-state index in [4.69, 9.17) is 0 Å². The first kappa shape index (κ1) is 13.5. The molecule has 0 radical (unpaired) electrons. The molecule has 0 aliphatic heterocycles. The Morgan fingerprint density at radius 1 is 0.762 bits per heavy atom. The van der Waals surface area contributed by atoms with Crippen molar-refractivity contribution in [2.45, 2.75) is 9.79 Å². The van der Waals surface area contributed by atoms with Gasteiger partial charge < -0.3 is 0 Å². The molecule has 0 aromatic heterocycles. The summed E-state index contributed by atoms with van der Waals surface area (Å²) in [4.78, 5) is 11.1. The van der Waals surface area contributed by atoms with Gasteiger partial charge in [0, 0.05) is 10.9 Å². The molecule has 0 bridgehead atoms. The van der Waals surface area contributed by atoms with E-state index >= 15 is 0 Å². The number of benzene rings is 3. The van der Waals surface area contributed by atoms with Crippen LogP contribution in [0.15, 0.2) is 76.5 Å². The van der Waals surface area contributed by atoms with Crippen LogP contribution in [0.2, 0.25) is 0 Å². The summed E-state index contributed by atoms with van der Waals surface area (Å²) in [5.74, 6) is 0. The number of carbonyl (C=O) groups is 1. The number of aldehydes is 1. The second-order valence-corrected chi connectivity index (χ2v) is 6.59. The predicted molar refractivity (Wildman–Crippen MR) is 81.2 cm³/mol. The molecule has 3 nitrogen and oxygen atoms in total. The average Bonchev–Trinajstić information content (AvgIpc) is 2.54. The van der Waals surface area contributed by atoms with Gasteiger partial charge in [0.2, 0.25) is 9.84 Å². The molecule has 0 aliphatic carbocycles. The molecule has 0 amide bonds. The number of hydrogen-bond acceptors (Lipinski definition) is 3. The molecule has 104 valence electrons. The second kappa shape index (κ2) is 5.14. The van der Waals surface area contributed by atoms with Crippen LogP contribution in [0, 0.1) is 0 Å². The van der Waals surface area contributed by atoms with Crippen molar-refractivity contribution >= 4 is 26.9 Å². The monoisotopic (exact) mass is 296 g/mol. The van der Waals surface area contributed by atoms with E-state index in [0.29, 0.717) is 17.2 Å². The SMILES string of the molecule is O=Cc1ccc(S(=O)(=O)c2cccc3ccccc23)cc1. The summed E-state index contributed by atoms with van der Waals surface area (Å²) in [6.45, 7) is 0. The molecule has 3 rings (SSSR count). The van der Waals surface area contributed by atoms with Gasteiger partial charge in [-0.2, -0.15) is 0 Å². The fraction of sp³-hybridized carbons (Fsp3) is 0. The van der Waals surface area contributed by atoms with Gasteiger partial charge in [0.05, 0.1) is 9.79 Å². The van der Waals surface area contributed by atoms with Gasteiger partial charge in [0.1, 0.15) is 6.29 Å². The first-order valence-corrected chi connectivity index (χ1v) is 7.89. The lowest BCUT2D eigenvalue weighted by atomic mass is 10.1. The summed E-state index contributed by atoms with van der Waals surface area (Å²) in [6.07, 6.45) is 0.689. The lowest BCUT2D eigenvalue weighted by Crippen LogP contribution is -2.03. The lowest BCUT2D eigenvalue weighted by Gasteiger charge is -2.08. The third-order valence-electron chi connectivity index (χ3n) is 3.37. The van der Waals surface area contributed by atoms with Gasteiger partial charge in [0.25, 0.3) is 0 Å². The minimum absolute atomic E-state index is 0.185. The molecular formula is C17H12O3S. The molecule has 0 aliphatic rings. The van der Waals surface area contributed by atoms with E-state index in [2.05, 4.69) is 0 Å². The van der Waals surface area contributed by atoms with Crippen LogP contribution in [0.1, 0.15) is 10.4 Å². The van der Waals surface area contributed by atoms with Crippen LogP contribution in [-0.2, 0) is 9.84 Å². The largest absolute Gasteiger partial charge is 0.298 e. The van der Waals surface area contributed by atoms with E-state index in [1.807, 2.05) is 24.3 Å². The minimum Gasteiger partial charge on any atom is -0.298 e. The van der Waals surface area contributed by atoms with Gasteiger partial charge >= 0.3 is 0 Å². The molecule has 0 fully saturated rings. The molecule has 0 N–H and O–H groups in total. The highest BCUT2D eigenvalue weighted by Gasteiger charge is 2.19. The summed E-state index contributed by atoms with van der Waals surface area (Å²) in [6, 6.07) is 18.5. The zero-order valence-corrected chi connectivity index (χ0v) is 11.9. The van der Waals surface area contributed by atoms with Crippen molar-refractivity contribution in [1.29, 1.82) is 0 Å². The maximum absolute atomic E-state index is 12.8. The van der Waals surface area contributed by atoms with Crippen LogP contribution in [0.4, 0.5) is 0 Å². The minimum atomic E-state index is -3.61. The summed E-state index contributed by atoms with van der Waals surface area (Å²) < 4.78 is 25.5. The summed E-state index contributed by atoms with van der Waals surface area (Å²) >= 11 is 0. The highest BCUT2D eigenvalue weighted by molar-refractivity contribution is 7.91. The molecule has 21 heavy (non-hydrogen) atoms. The van der Waals surface area contributed by atoms with Gasteiger partial charge in [-0.3, -0.25) is 4.79 Å². The molecule has 3 aromatic rings. The predicted octanol–water partition coefficient (Wildman–Crippen LogP) is 3.49. The Balaban J connectivity index is 2.22. The van der Waals surface area contributed by atoms with E-state index in [9.17, 15) is 13.2 Å². The first-order chi connectivity index (χ1) is 10.1. The molecule has 0 saturated carbocycles. The quantitative estimate of drug-likeness (QED) is 0.695. The zero-order valence-electron chi connectivity index (χ0n) is 11.1. The van der Waals surface area contributed by atoms with Crippen molar-refractivity contribution in [2.75, 3.05) is 0 Å². The standard InChI is InChI=1S/C17H12O3S/c18-12-13-8-10-15(11-9-13)21(19,20)17-7-3-5-14-4-1-2-6-16(14)17/h1-12H. The van der Waals surface area contributed by atoms with Crippen LogP contribution in [0.5, 0.6) is 0 Å². The molecule has 0 spiro atoms. The van der Waals surface area contributed by atoms with Crippen LogP contribution in [-0.4, -0.2) is 14.7 Å². The third-order valence-corrected chi connectivity index (χ3v) is 5.19. The van der Waals surface area contributed by atoms with E-state index in [0.717, 1.165) is 5.39 Å². The Bertz CT molecular complexity index is 905. The Morgan fingerprint density at radius 2 is 1.43 bits per heavy atom. The third kappa shape index (κ3) is 2.34. The Morgan fingerprint density at radius 3 is 2.14 bits per heavy atom. The topological polar surface area (TPSA) is 51.2 Å². The molecule has 0 atom stereocenters. The summed E-state index contributed by atoms with van der Waals surface area (Å²) in [5.41, 5.74) is 0.451. The molecule has 0 heterocycles. The van der Waals surface area contributed by atoms with Gasteiger partial charge in [0.15, 0.2) is 0 Å². The van der Waals surface area contributed by atoms with Crippen LogP contribution < -0.4 is 0 Å². The van der Waals surface area contributed by atoms with Gasteiger partial charge in [-0.25, -0.2) is 8.42 Å². The molecular weight excluding hydrogens is 284 g/mol. The summed E-state index contributed by atoms with van der Waals surface area (Å²) in [7, 11) is -3.61. The molecule has 3 aromatic carbocycles. The highest BCUT2D eigenvalue weighted by atomic mass is 32.2. The van der Waals surface area contributed by atoms with Crippen LogP contribution in [0.25, 0.3) is 10.8 Å². The average molecular weight is 296 g/mol. The maximum Gasteiger partial charge on any atom is 0.207 e. The Labute approximate surface area is 122 Å². The number of sulfone groups is 1. The molecule has 0 saturated heterocycles. The van der Waals surface area contributed by atoms with Crippen molar-refractivity contribution in [1.82, 2.24) is 0 Å². The molecule has 4 heteroatoms. The van der Waals surface area contributed by atoms with Crippen molar-refractivity contribution in [3.05, 3.63) is 72.3 Å². The van der Waals surface area contributed by atoms with Gasteiger partial charge in [-0.05, 0) is 23.6 Å². The second-order valence-electron chi connectivity index (χ2n) is 4.67. The van der Waals surface area contributed by atoms with Crippen molar-refractivity contribution in [3.8, 4) is 0 Å². The fourth-order valence-corrected chi connectivity index (χ4v) is 3.76. The normalized spacial score (nSPS) is 11.4. The zero-order chi connectivity index (χ0) is 14.9. The Hall–Kier alpha value is -2.46. The van der Waals surface area contributed by atoms with E-state index in [1.54, 1.807) is 18.2 Å². The number of hydrogen-bond donors (Lipinski definition) is 0. The highest BCUT2D eigenvalue weighted by Crippen LogP contribution is 2.28. The van der Waals surface area contributed by atoms with Gasteiger partial charge in [-0.15, -0.1) is 0 Å². The lowest BCUT2D eigenvalue weighted by molar-refractivity contribution is 0.112. The number of fused-ring (bicyclic) bond motifs is 1. The number of carbonyl (C=O) groups excluding carboxylic acids is 1. The first-order valence-electron chi connectivity index (χ1n) is 6.41. The summed E-state index contributed by atoms with van der Waals surface area (Å²) in [5, 5.41) is 1.57.